The predicted octanol–water partition coefficient (Wildman–Crippen LogP) is 4.35. The van der Waals surface area contributed by atoms with E-state index in [0.29, 0.717) is 10.8 Å². The summed E-state index contributed by atoms with van der Waals surface area (Å²) < 4.78 is 42.1. The van der Waals surface area contributed by atoms with Gasteiger partial charge < -0.3 is 10.1 Å². The van der Waals surface area contributed by atoms with Crippen LogP contribution in [0.1, 0.15) is 6.92 Å². The lowest BCUT2D eigenvalue weighted by molar-refractivity contribution is -0.274. The highest BCUT2D eigenvalue weighted by molar-refractivity contribution is 8.00. The zero-order valence-electron chi connectivity index (χ0n) is 13.5. The van der Waals surface area contributed by atoms with Crippen LogP contribution in [0.2, 0.25) is 0 Å². The number of hydrogen-bond donors (Lipinski definition) is 1. The number of fused-ring (bicyclic) bond motifs is 1. The summed E-state index contributed by atoms with van der Waals surface area (Å²) in [6, 6.07) is 10.7. The van der Waals surface area contributed by atoms with Gasteiger partial charge in [-0.2, -0.15) is 0 Å². The number of halogens is 3. The first-order valence-electron chi connectivity index (χ1n) is 7.57. The van der Waals surface area contributed by atoms with E-state index in [1.54, 1.807) is 13.1 Å². The summed E-state index contributed by atoms with van der Waals surface area (Å²) in [5, 5.41) is 2.88. The first kappa shape index (κ1) is 18.1. The van der Waals surface area contributed by atoms with Crippen LogP contribution in [0.4, 0.5) is 18.9 Å². The lowest BCUT2D eigenvalue weighted by atomic mass is 10.3. The van der Waals surface area contributed by atoms with E-state index in [2.05, 4.69) is 15.0 Å². The lowest BCUT2D eigenvalue weighted by Gasteiger charge is -2.12. The SMILES string of the molecule is CC(Sc1ncc2ccccn12)C(=O)Nc1ccc(OC(F)(F)F)cc1. The Morgan fingerprint density at radius 2 is 1.96 bits per heavy atom. The minimum atomic E-state index is -4.75. The highest BCUT2D eigenvalue weighted by Crippen LogP contribution is 2.26. The number of nitrogens with zero attached hydrogens (tertiary/aromatic N) is 2. The molecule has 0 aliphatic heterocycles. The van der Waals surface area contributed by atoms with Crippen LogP contribution in [0.5, 0.6) is 5.75 Å². The zero-order chi connectivity index (χ0) is 18.7. The van der Waals surface area contributed by atoms with Gasteiger partial charge in [-0.1, -0.05) is 17.8 Å². The van der Waals surface area contributed by atoms with E-state index in [4.69, 9.17) is 0 Å². The second kappa shape index (κ2) is 7.28. The van der Waals surface area contributed by atoms with Gasteiger partial charge in [-0.3, -0.25) is 9.20 Å². The van der Waals surface area contributed by atoms with Crippen LogP contribution in [0, 0.1) is 0 Å². The first-order chi connectivity index (χ1) is 12.3. The molecule has 1 aromatic carbocycles. The molecule has 0 fully saturated rings. The number of ether oxygens (including phenoxy) is 1. The second-order valence-corrected chi connectivity index (χ2v) is 6.67. The number of carbonyl (C=O) groups excluding carboxylic acids is 1. The molecule has 0 saturated heterocycles. The zero-order valence-corrected chi connectivity index (χ0v) is 14.3. The van der Waals surface area contributed by atoms with Crippen LogP contribution in [-0.4, -0.2) is 26.9 Å². The molecular formula is C17H14F3N3O2S. The number of thioether (sulfide) groups is 1. The molecule has 136 valence electrons. The summed E-state index contributed by atoms with van der Waals surface area (Å²) in [7, 11) is 0. The van der Waals surface area contributed by atoms with Gasteiger partial charge in [-0.25, -0.2) is 4.98 Å². The largest absolute Gasteiger partial charge is 0.573 e. The molecule has 0 saturated carbocycles. The molecule has 1 amide bonds. The third kappa shape index (κ3) is 4.48. The molecule has 3 rings (SSSR count). The maximum absolute atomic E-state index is 12.3. The Morgan fingerprint density at radius 1 is 1.23 bits per heavy atom. The summed E-state index contributed by atoms with van der Waals surface area (Å²) in [6.07, 6.45) is -1.18. The van der Waals surface area contributed by atoms with Crippen molar-refractivity contribution in [3.63, 3.8) is 0 Å². The van der Waals surface area contributed by atoms with Crippen molar-refractivity contribution in [2.75, 3.05) is 5.32 Å². The van der Waals surface area contributed by atoms with E-state index in [0.717, 1.165) is 17.6 Å². The van der Waals surface area contributed by atoms with Gasteiger partial charge in [0.05, 0.1) is 17.0 Å². The van der Waals surface area contributed by atoms with Gasteiger partial charge >= 0.3 is 6.36 Å². The van der Waals surface area contributed by atoms with Crippen molar-refractivity contribution in [2.24, 2.45) is 0 Å². The molecule has 0 aliphatic carbocycles. The van der Waals surface area contributed by atoms with E-state index < -0.39 is 11.6 Å². The Hall–Kier alpha value is -2.68. The summed E-state index contributed by atoms with van der Waals surface area (Å²) in [4.78, 5) is 16.6. The summed E-state index contributed by atoms with van der Waals surface area (Å²) in [6.45, 7) is 1.73. The fraction of sp³-hybridized carbons (Fsp3) is 0.176. The van der Waals surface area contributed by atoms with Crippen LogP contribution < -0.4 is 10.1 Å². The minimum Gasteiger partial charge on any atom is -0.406 e. The van der Waals surface area contributed by atoms with Crippen LogP contribution in [0.3, 0.4) is 0 Å². The number of benzene rings is 1. The number of rotatable bonds is 5. The number of nitrogens with one attached hydrogen (secondary N) is 1. The van der Waals surface area contributed by atoms with Gasteiger partial charge in [0.25, 0.3) is 0 Å². The molecule has 2 aromatic heterocycles. The minimum absolute atomic E-state index is 0.285. The Balaban J connectivity index is 1.62. The third-order valence-electron chi connectivity index (χ3n) is 3.41. The van der Waals surface area contributed by atoms with E-state index in [-0.39, 0.29) is 11.7 Å². The topological polar surface area (TPSA) is 55.6 Å². The molecule has 0 bridgehead atoms. The number of imidazole rings is 1. The molecule has 1 atom stereocenters. The normalized spacial score (nSPS) is 12.8. The summed E-state index contributed by atoms with van der Waals surface area (Å²) in [5.41, 5.74) is 1.30. The Kier molecular flexibility index (Phi) is 5.08. The van der Waals surface area contributed by atoms with Crippen molar-refractivity contribution in [3.05, 3.63) is 54.9 Å². The van der Waals surface area contributed by atoms with Gasteiger partial charge in [-0.15, -0.1) is 13.2 Å². The quantitative estimate of drug-likeness (QED) is 0.668. The maximum Gasteiger partial charge on any atom is 0.573 e. The molecule has 1 N–H and O–H groups in total. The summed E-state index contributed by atoms with van der Waals surface area (Å²) in [5.74, 6) is -0.631. The number of amides is 1. The molecular weight excluding hydrogens is 367 g/mol. The molecule has 9 heteroatoms. The number of pyridine rings is 1. The van der Waals surface area contributed by atoms with Crippen molar-refractivity contribution >= 4 is 28.9 Å². The fourth-order valence-corrected chi connectivity index (χ4v) is 3.08. The number of hydrogen-bond acceptors (Lipinski definition) is 4. The van der Waals surface area contributed by atoms with Crippen LogP contribution in [0.25, 0.3) is 5.52 Å². The van der Waals surface area contributed by atoms with E-state index in [1.165, 1.54) is 23.9 Å². The van der Waals surface area contributed by atoms with Gasteiger partial charge in [0, 0.05) is 11.9 Å². The monoisotopic (exact) mass is 381 g/mol. The van der Waals surface area contributed by atoms with Crippen molar-refractivity contribution < 1.29 is 22.7 Å². The Bertz CT molecular complexity index is 910. The van der Waals surface area contributed by atoms with E-state index in [1.807, 2.05) is 28.8 Å². The van der Waals surface area contributed by atoms with Crippen molar-refractivity contribution in [2.45, 2.75) is 23.7 Å². The number of anilines is 1. The number of alkyl halides is 3. The fourth-order valence-electron chi connectivity index (χ4n) is 2.20. The molecule has 3 aromatic rings. The van der Waals surface area contributed by atoms with E-state index >= 15 is 0 Å². The van der Waals surface area contributed by atoms with Crippen molar-refractivity contribution in [1.29, 1.82) is 0 Å². The van der Waals surface area contributed by atoms with Gasteiger partial charge in [0.15, 0.2) is 5.16 Å². The Labute approximate surface area is 151 Å². The molecule has 5 nitrogen and oxygen atoms in total. The second-order valence-electron chi connectivity index (χ2n) is 5.36. The van der Waals surface area contributed by atoms with Crippen LogP contribution in [0.15, 0.2) is 60.0 Å². The van der Waals surface area contributed by atoms with E-state index in [9.17, 15) is 18.0 Å². The number of aromatic nitrogens is 2. The lowest BCUT2D eigenvalue weighted by Crippen LogP contribution is -2.22. The highest BCUT2D eigenvalue weighted by atomic mass is 32.2. The highest BCUT2D eigenvalue weighted by Gasteiger charge is 2.31. The van der Waals surface area contributed by atoms with Crippen molar-refractivity contribution in [1.82, 2.24) is 9.38 Å². The first-order valence-corrected chi connectivity index (χ1v) is 8.45. The number of carbonyl (C=O) groups is 1. The molecule has 0 radical (unpaired) electrons. The van der Waals surface area contributed by atoms with Crippen molar-refractivity contribution in [3.8, 4) is 5.75 Å². The van der Waals surface area contributed by atoms with Gasteiger partial charge in [0.1, 0.15) is 5.75 Å². The molecule has 2 heterocycles. The van der Waals surface area contributed by atoms with Gasteiger partial charge in [-0.05, 0) is 43.3 Å². The van der Waals surface area contributed by atoms with Crippen LogP contribution in [-0.2, 0) is 4.79 Å². The molecule has 26 heavy (non-hydrogen) atoms. The molecule has 0 aliphatic rings. The maximum atomic E-state index is 12.3. The standard InChI is InChI=1S/C17H14F3N3O2S/c1-11(26-16-21-10-13-4-2-3-9-23(13)16)15(24)22-12-5-7-14(8-6-12)25-17(18,19)20/h2-11H,1H3,(H,22,24). The smallest absolute Gasteiger partial charge is 0.406 e. The predicted molar refractivity (Wildman–Crippen MR) is 92.3 cm³/mol. The average molecular weight is 381 g/mol. The third-order valence-corrected chi connectivity index (χ3v) is 4.49. The Morgan fingerprint density at radius 3 is 2.65 bits per heavy atom. The van der Waals surface area contributed by atoms with Crippen LogP contribution >= 0.6 is 11.8 Å². The van der Waals surface area contributed by atoms with Gasteiger partial charge in [0.2, 0.25) is 5.91 Å². The average Bonchev–Trinajstić information content (AvgIpc) is 2.98. The molecule has 0 spiro atoms. The molecule has 1 unspecified atom stereocenters. The summed E-state index contributed by atoms with van der Waals surface area (Å²) >= 11 is 1.28.